The molecule has 0 unspecified atom stereocenters. The van der Waals surface area contributed by atoms with E-state index in [1.807, 2.05) is 0 Å². The van der Waals surface area contributed by atoms with Gasteiger partial charge < -0.3 is 0 Å². The largest absolute Gasteiger partial charge is 0.287 e. The third kappa shape index (κ3) is 2.92. The van der Waals surface area contributed by atoms with E-state index in [4.69, 9.17) is 11.6 Å². The van der Waals surface area contributed by atoms with Crippen molar-refractivity contribution >= 4 is 22.5 Å². The van der Waals surface area contributed by atoms with E-state index in [-0.39, 0.29) is 23.8 Å². The highest BCUT2D eigenvalue weighted by Crippen LogP contribution is 2.49. The second-order valence-corrected chi connectivity index (χ2v) is 6.94. The van der Waals surface area contributed by atoms with E-state index >= 15 is 0 Å². The Morgan fingerprint density at radius 2 is 2.00 bits per heavy atom. The van der Waals surface area contributed by atoms with Crippen LogP contribution in [0.1, 0.15) is 37.1 Å². The molecule has 3 aromatic rings. The summed E-state index contributed by atoms with van der Waals surface area (Å²) in [6.07, 6.45) is 0.857. The number of fused-ring (bicyclic) bond motifs is 1. The van der Waals surface area contributed by atoms with E-state index in [0.717, 1.165) is 6.92 Å². The van der Waals surface area contributed by atoms with Gasteiger partial charge in [0, 0.05) is 43.3 Å². The molecule has 0 spiro atoms. The Labute approximate surface area is 150 Å². The molecule has 1 aliphatic carbocycles. The number of halogens is 5. The SMILES string of the molecule is CC(F)(F)c1cccc(-n2nc(C3CC(F)(F)C3)c3cnc(Cl)cc32)n1. The van der Waals surface area contributed by atoms with Gasteiger partial charge in [0.05, 0.1) is 11.2 Å². The zero-order valence-electron chi connectivity index (χ0n) is 13.6. The van der Waals surface area contributed by atoms with Gasteiger partial charge >= 0.3 is 0 Å². The number of hydrogen-bond acceptors (Lipinski definition) is 3. The summed E-state index contributed by atoms with van der Waals surface area (Å²) >= 11 is 5.95. The maximum Gasteiger partial charge on any atom is 0.287 e. The van der Waals surface area contributed by atoms with E-state index in [0.29, 0.717) is 16.6 Å². The molecular formula is C17H13ClF4N4. The molecule has 4 rings (SSSR count). The topological polar surface area (TPSA) is 43.6 Å². The summed E-state index contributed by atoms with van der Waals surface area (Å²) in [5, 5.41) is 5.13. The quantitative estimate of drug-likeness (QED) is 0.466. The fraction of sp³-hybridized carbons (Fsp3) is 0.353. The Balaban J connectivity index is 1.87. The second-order valence-electron chi connectivity index (χ2n) is 6.55. The first kappa shape index (κ1) is 17.2. The third-order valence-electron chi connectivity index (χ3n) is 4.44. The van der Waals surface area contributed by atoms with E-state index in [2.05, 4.69) is 15.1 Å². The Kier molecular flexibility index (Phi) is 3.73. The fourth-order valence-corrected chi connectivity index (χ4v) is 3.28. The summed E-state index contributed by atoms with van der Waals surface area (Å²) in [6.45, 7) is 0.753. The molecule has 1 fully saturated rings. The normalized spacial score (nSPS) is 17.5. The van der Waals surface area contributed by atoms with Crippen molar-refractivity contribution < 1.29 is 17.6 Å². The van der Waals surface area contributed by atoms with Gasteiger partial charge in [-0.25, -0.2) is 23.4 Å². The molecule has 4 nitrogen and oxygen atoms in total. The van der Waals surface area contributed by atoms with Gasteiger partial charge in [-0.05, 0) is 12.1 Å². The number of rotatable bonds is 3. The first-order chi connectivity index (χ1) is 12.1. The summed E-state index contributed by atoms with van der Waals surface area (Å²) in [6, 6.07) is 5.71. The smallest absolute Gasteiger partial charge is 0.244 e. The van der Waals surface area contributed by atoms with Crippen molar-refractivity contribution in [2.75, 3.05) is 0 Å². The van der Waals surface area contributed by atoms with Gasteiger partial charge in [-0.15, -0.1) is 0 Å². The fourth-order valence-electron chi connectivity index (χ4n) is 3.12. The molecule has 3 heterocycles. The zero-order chi connectivity index (χ0) is 18.7. The van der Waals surface area contributed by atoms with Gasteiger partial charge in [-0.1, -0.05) is 17.7 Å². The molecule has 26 heavy (non-hydrogen) atoms. The van der Waals surface area contributed by atoms with E-state index < -0.39 is 23.5 Å². The summed E-state index contributed by atoms with van der Waals surface area (Å²) in [5.41, 5.74) is 0.528. The van der Waals surface area contributed by atoms with Gasteiger partial charge in [0.2, 0.25) is 5.92 Å². The van der Waals surface area contributed by atoms with Gasteiger partial charge in [0.15, 0.2) is 5.82 Å². The van der Waals surface area contributed by atoms with Crippen molar-refractivity contribution in [1.82, 2.24) is 19.7 Å². The number of pyridine rings is 2. The average molecular weight is 385 g/mol. The Hall–Kier alpha value is -2.22. The molecule has 0 N–H and O–H groups in total. The van der Waals surface area contributed by atoms with E-state index in [9.17, 15) is 17.6 Å². The van der Waals surface area contributed by atoms with Crippen LogP contribution in [-0.2, 0) is 5.92 Å². The maximum absolute atomic E-state index is 13.6. The minimum atomic E-state index is -3.11. The molecule has 0 aliphatic heterocycles. The van der Waals surface area contributed by atoms with Crippen LogP contribution in [0.3, 0.4) is 0 Å². The number of aromatic nitrogens is 4. The molecule has 1 saturated carbocycles. The van der Waals surface area contributed by atoms with Gasteiger partial charge in [-0.3, -0.25) is 0 Å². The molecule has 3 aromatic heterocycles. The molecule has 0 saturated heterocycles. The van der Waals surface area contributed by atoms with Crippen LogP contribution in [0, 0.1) is 0 Å². The number of hydrogen-bond donors (Lipinski definition) is 0. The van der Waals surface area contributed by atoms with Crippen LogP contribution in [0.15, 0.2) is 30.5 Å². The number of alkyl halides is 4. The molecule has 1 aliphatic rings. The first-order valence-electron chi connectivity index (χ1n) is 7.92. The van der Waals surface area contributed by atoms with Crippen LogP contribution in [0.4, 0.5) is 17.6 Å². The van der Waals surface area contributed by atoms with E-state index in [1.165, 1.54) is 35.1 Å². The van der Waals surface area contributed by atoms with E-state index in [1.54, 1.807) is 0 Å². The van der Waals surface area contributed by atoms with Crippen molar-refractivity contribution in [3.63, 3.8) is 0 Å². The summed E-state index contributed by atoms with van der Waals surface area (Å²) in [7, 11) is 0. The lowest BCUT2D eigenvalue weighted by Crippen LogP contribution is -2.34. The molecular weight excluding hydrogens is 372 g/mol. The monoisotopic (exact) mass is 384 g/mol. The molecule has 0 radical (unpaired) electrons. The highest BCUT2D eigenvalue weighted by molar-refractivity contribution is 6.30. The Morgan fingerprint density at radius 1 is 1.27 bits per heavy atom. The van der Waals surface area contributed by atoms with Gasteiger partial charge in [-0.2, -0.15) is 13.9 Å². The second kappa shape index (κ2) is 5.64. The van der Waals surface area contributed by atoms with Gasteiger partial charge in [0.25, 0.3) is 5.92 Å². The highest BCUT2D eigenvalue weighted by Gasteiger charge is 2.47. The van der Waals surface area contributed by atoms with Gasteiger partial charge in [0.1, 0.15) is 10.8 Å². The Bertz CT molecular complexity index is 988. The van der Waals surface area contributed by atoms with Crippen LogP contribution >= 0.6 is 11.6 Å². The predicted molar refractivity (Wildman–Crippen MR) is 88.2 cm³/mol. The third-order valence-corrected chi connectivity index (χ3v) is 4.65. The molecule has 136 valence electrons. The minimum Gasteiger partial charge on any atom is -0.244 e. The summed E-state index contributed by atoms with van der Waals surface area (Å²) in [5.74, 6) is -6.08. The van der Waals surface area contributed by atoms with Crippen LogP contribution in [-0.4, -0.2) is 25.7 Å². The highest BCUT2D eigenvalue weighted by atomic mass is 35.5. The first-order valence-corrected chi connectivity index (χ1v) is 8.30. The summed E-state index contributed by atoms with van der Waals surface area (Å²) < 4.78 is 55.1. The Morgan fingerprint density at radius 3 is 2.65 bits per heavy atom. The van der Waals surface area contributed by atoms with Crippen molar-refractivity contribution in [3.05, 3.63) is 47.0 Å². The van der Waals surface area contributed by atoms with Crippen LogP contribution in [0.25, 0.3) is 16.7 Å². The zero-order valence-corrected chi connectivity index (χ0v) is 14.3. The van der Waals surface area contributed by atoms with Crippen molar-refractivity contribution in [1.29, 1.82) is 0 Å². The van der Waals surface area contributed by atoms with Crippen LogP contribution < -0.4 is 0 Å². The summed E-state index contributed by atoms with van der Waals surface area (Å²) in [4.78, 5) is 7.97. The van der Waals surface area contributed by atoms with Crippen molar-refractivity contribution in [2.24, 2.45) is 0 Å². The molecule has 9 heteroatoms. The number of nitrogens with zero attached hydrogens (tertiary/aromatic N) is 4. The minimum absolute atomic E-state index is 0.161. The van der Waals surface area contributed by atoms with Crippen molar-refractivity contribution in [3.8, 4) is 5.82 Å². The standard InChI is InChI=1S/C17H13ClF4N4/c1-16(19,20)12-3-2-4-14(24-12)26-11-5-13(18)23-8-10(11)15(25-26)9-6-17(21,22)7-9/h2-5,8-9H,6-7H2,1H3. The predicted octanol–water partition coefficient (Wildman–Crippen LogP) is 5.09. The average Bonchev–Trinajstić information content (AvgIpc) is 2.90. The maximum atomic E-state index is 13.6. The lowest BCUT2D eigenvalue weighted by atomic mass is 9.78. The lowest BCUT2D eigenvalue weighted by Gasteiger charge is -2.33. The molecule has 0 atom stereocenters. The van der Waals surface area contributed by atoms with Crippen molar-refractivity contribution in [2.45, 2.75) is 37.5 Å². The van der Waals surface area contributed by atoms with Crippen LogP contribution in [0.2, 0.25) is 5.15 Å². The molecule has 0 aromatic carbocycles. The molecule has 0 bridgehead atoms. The van der Waals surface area contributed by atoms with Crippen LogP contribution in [0.5, 0.6) is 0 Å². The lowest BCUT2D eigenvalue weighted by molar-refractivity contribution is -0.0873. The molecule has 0 amide bonds.